The number of halogens is 1. The van der Waals surface area contributed by atoms with Gasteiger partial charge in [-0.3, -0.25) is 0 Å². The number of aromatic nitrogens is 1. The number of benzene rings is 1. The van der Waals surface area contributed by atoms with E-state index in [1.54, 1.807) is 18.2 Å². The molecule has 0 aliphatic carbocycles. The lowest BCUT2D eigenvalue weighted by Crippen LogP contribution is -2.43. The van der Waals surface area contributed by atoms with Crippen LogP contribution in [0.2, 0.25) is 0 Å². The van der Waals surface area contributed by atoms with Crippen LogP contribution in [0, 0.1) is 5.82 Å². The number of ether oxygens (including phenoxy) is 2. The molecule has 6 heteroatoms. The van der Waals surface area contributed by atoms with Gasteiger partial charge in [-0.2, -0.15) is 0 Å². The molecule has 0 amide bonds. The Hall–Kier alpha value is -1.76. The minimum atomic E-state index is -1.32. The zero-order valence-electron chi connectivity index (χ0n) is 11.2. The van der Waals surface area contributed by atoms with Crippen LogP contribution in [-0.4, -0.2) is 29.3 Å². The molecule has 110 valence electrons. The molecule has 4 rings (SSSR count). The zero-order chi connectivity index (χ0) is 14.4. The molecule has 1 aromatic carbocycles. The molecule has 0 saturated carbocycles. The first kappa shape index (κ1) is 12.9. The van der Waals surface area contributed by atoms with Gasteiger partial charge in [-0.25, -0.2) is 4.39 Å². The van der Waals surface area contributed by atoms with Gasteiger partial charge < -0.3 is 19.1 Å². The average Bonchev–Trinajstić information content (AvgIpc) is 3.13. The quantitative estimate of drug-likeness (QED) is 0.919. The second kappa shape index (κ2) is 4.62. The number of fused-ring (bicyclic) bond motifs is 2. The van der Waals surface area contributed by atoms with E-state index in [2.05, 4.69) is 5.16 Å². The van der Waals surface area contributed by atoms with Crippen LogP contribution in [0.1, 0.15) is 18.6 Å². The Morgan fingerprint density at radius 1 is 1.29 bits per heavy atom. The highest BCUT2D eigenvalue weighted by atomic mass is 19.1. The molecule has 2 bridgehead atoms. The van der Waals surface area contributed by atoms with Gasteiger partial charge >= 0.3 is 0 Å². The van der Waals surface area contributed by atoms with Crippen molar-refractivity contribution in [3.63, 3.8) is 0 Å². The summed E-state index contributed by atoms with van der Waals surface area (Å²) < 4.78 is 29.3. The van der Waals surface area contributed by atoms with Crippen LogP contribution in [0.3, 0.4) is 0 Å². The molecule has 0 spiro atoms. The maximum atomic E-state index is 12.9. The Bertz CT molecular complexity index is 656. The lowest BCUT2D eigenvalue weighted by Gasteiger charge is -2.33. The molecule has 3 atom stereocenters. The summed E-state index contributed by atoms with van der Waals surface area (Å²) in [6, 6.07) is 7.58. The van der Waals surface area contributed by atoms with Crippen LogP contribution in [-0.2, 0) is 15.1 Å². The number of aliphatic hydroxyl groups is 1. The molecular weight excluding hydrogens is 277 g/mol. The SMILES string of the molecule is OC1(c2cc(-c3ccc(F)cc3)no2)CCC2COC1O2. The van der Waals surface area contributed by atoms with Crippen LogP contribution >= 0.6 is 0 Å². The van der Waals surface area contributed by atoms with E-state index in [1.165, 1.54) is 12.1 Å². The maximum absolute atomic E-state index is 12.9. The molecule has 0 radical (unpaired) electrons. The van der Waals surface area contributed by atoms with Gasteiger partial charge in [0.15, 0.2) is 17.7 Å². The fraction of sp³-hybridized carbons (Fsp3) is 0.400. The molecule has 2 saturated heterocycles. The lowest BCUT2D eigenvalue weighted by molar-refractivity contribution is -0.225. The van der Waals surface area contributed by atoms with Crippen molar-refractivity contribution in [2.75, 3.05) is 6.61 Å². The smallest absolute Gasteiger partial charge is 0.194 e. The van der Waals surface area contributed by atoms with Crippen LogP contribution in [0.25, 0.3) is 11.3 Å². The number of hydrogen-bond acceptors (Lipinski definition) is 5. The topological polar surface area (TPSA) is 64.7 Å². The van der Waals surface area contributed by atoms with Gasteiger partial charge in [0.05, 0.1) is 12.7 Å². The van der Waals surface area contributed by atoms with E-state index in [9.17, 15) is 9.50 Å². The summed E-state index contributed by atoms with van der Waals surface area (Å²) >= 11 is 0. The van der Waals surface area contributed by atoms with Crippen LogP contribution in [0.4, 0.5) is 4.39 Å². The van der Waals surface area contributed by atoms with Gasteiger partial charge in [0.25, 0.3) is 0 Å². The number of rotatable bonds is 2. The Morgan fingerprint density at radius 2 is 2.10 bits per heavy atom. The number of hydrogen-bond donors (Lipinski definition) is 1. The van der Waals surface area contributed by atoms with E-state index in [4.69, 9.17) is 14.0 Å². The fourth-order valence-electron chi connectivity index (χ4n) is 2.82. The van der Waals surface area contributed by atoms with Crippen molar-refractivity contribution >= 4 is 0 Å². The van der Waals surface area contributed by atoms with Gasteiger partial charge in [0.2, 0.25) is 0 Å². The first-order valence-corrected chi connectivity index (χ1v) is 6.88. The van der Waals surface area contributed by atoms with E-state index in [-0.39, 0.29) is 11.9 Å². The minimum Gasteiger partial charge on any atom is -0.377 e. The van der Waals surface area contributed by atoms with Gasteiger partial charge in [0, 0.05) is 11.6 Å². The zero-order valence-corrected chi connectivity index (χ0v) is 11.2. The van der Waals surface area contributed by atoms with E-state index in [1.807, 2.05) is 0 Å². The predicted molar refractivity (Wildman–Crippen MR) is 69.6 cm³/mol. The van der Waals surface area contributed by atoms with Gasteiger partial charge in [-0.1, -0.05) is 5.16 Å². The average molecular weight is 291 g/mol. The third kappa shape index (κ3) is 2.07. The first-order valence-electron chi connectivity index (χ1n) is 6.88. The lowest BCUT2D eigenvalue weighted by atomic mass is 9.90. The van der Waals surface area contributed by atoms with Crippen LogP contribution in [0.5, 0.6) is 0 Å². The molecule has 2 fully saturated rings. The Labute approximate surface area is 120 Å². The number of nitrogens with zero attached hydrogens (tertiary/aromatic N) is 1. The fourth-order valence-corrected chi connectivity index (χ4v) is 2.82. The summed E-state index contributed by atoms with van der Waals surface area (Å²) in [5, 5.41) is 14.7. The molecule has 21 heavy (non-hydrogen) atoms. The molecule has 1 N–H and O–H groups in total. The maximum Gasteiger partial charge on any atom is 0.194 e. The van der Waals surface area contributed by atoms with Crippen molar-refractivity contribution in [1.29, 1.82) is 0 Å². The van der Waals surface area contributed by atoms with Crippen molar-refractivity contribution in [2.45, 2.75) is 30.8 Å². The van der Waals surface area contributed by atoms with Crippen LogP contribution in [0.15, 0.2) is 34.9 Å². The van der Waals surface area contributed by atoms with E-state index >= 15 is 0 Å². The van der Waals surface area contributed by atoms with Crippen molar-refractivity contribution in [1.82, 2.24) is 5.16 Å². The van der Waals surface area contributed by atoms with E-state index in [0.717, 1.165) is 5.56 Å². The van der Waals surface area contributed by atoms with E-state index < -0.39 is 11.9 Å². The normalized spacial score (nSPS) is 31.5. The largest absolute Gasteiger partial charge is 0.377 e. The molecule has 2 aliphatic heterocycles. The van der Waals surface area contributed by atoms with Crippen molar-refractivity contribution in [3.8, 4) is 11.3 Å². The van der Waals surface area contributed by atoms with Gasteiger partial charge in [-0.05, 0) is 37.1 Å². The molecule has 1 aromatic heterocycles. The second-order valence-corrected chi connectivity index (χ2v) is 5.47. The molecular formula is C15H14FNO4. The summed E-state index contributed by atoms with van der Waals surface area (Å²) in [5.74, 6) is -0.000602. The Balaban J connectivity index is 1.66. The summed E-state index contributed by atoms with van der Waals surface area (Å²) in [6.45, 7) is 0.492. The third-order valence-corrected chi connectivity index (χ3v) is 4.06. The monoisotopic (exact) mass is 291 g/mol. The van der Waals surface area contributed by atoms with Crippen molar-refractivity contribution < 1.29 is 23.5 Å². The minimum absolute atomic E-state index is 0.0507. The van der Waals surface area contributed by atoms with Crippen molar-refractivity contribution in [3.05, 3.63) is 41.9 Å². The first-order chi connectivity index (χ1) is 10.1. The highest BCUT2D eigenvalue weighted by Crippen LogP contribution is 2.42. The molecule has 3 unspecified atom stereocenters. The standard InChI is InChI=1S/C15H14FNO4/c16-10-3-1-9(2-4-10)12-7-13(21-17-12)15(18)6-5-11-8-19-14(15)20-11/h1-4,7,11,14,18H,5-6,8H2. The molecule has 5 nitrogen and oxygen atoms in total. The van der Waals surface area contributed by atoms with Crippen molar-refractivity contribution in [2.24, 2.45) is 0 Å². The van der Waals surface area contributed by atoms with E-state index in [0.29, 0.717) is 30.9 Å². The van der Waals surface area contributed by atoms with Gasteiger partial charge in [-0.15, -0.1) is 0 Å². The summed E-state index contributed by atoms with van der Waals surface area (Å²) in [6.07, 6.45) is 0.542. The predicted octanol–water partition coefficient (Wildman–Crippen LogP) is 2.20. The third-order valence-electron chi connectivity index (χ3n) is 4.06. The summed E-state index contributed by atoms with van der Waals surface area (Å²) in [5.41, 5.74) is -0.0614. The Morgan fingerprint density at radius 3 is 2.90 bits per heavy atom. The van der Waals surface area contributed by atoms with Gasteiger partial charge in [0.1, 0.15) is 11.5 Å². The Kier molecular flexibility index (Phi) is 2.85. The molecule has 2 aliphatic rings. The van der Waals surface area contributed by atoms with Crippen LogP contribution < -0.4 is 0 Å². The second-order valence-electron chi connectivity index (χ2n) is 5.47. The molecule has 3 heterocycles. The summed E-state index contributed by atoms with van der Waals surface area (Å²) in [4.78, 5) is 0. The summed E-state index contributed by atoms with van der Waals surface area (Å²) in [7, 11) is 0. The highest BCUT2D eigenvalue weighted by Gasteiger charge is 2.51. The highest BCUT2D eigenvalue weighted by molar-refractivity contribution is 5.58. The molecule has 2 aromatic rings.